The molecule has 1 saturated heterocycles. The summed E-state index contributed by atoms with van der Waals surface area (Å²) >= 11 is 0. The molecule has 128 valence electrons. The molecule has 1 aliphatic heterocycles. The van der Waals surface area contributed by atoms with Crippen molar-refractivity contribution in [2.45, 2.75) is 51.2 Å². The molecule has 6 nitrogen and oxygen atoms in total. The van der Waals surface area contributed by atoms with Crippen molar-refractivity contribution < 1.29 is 31.8 Å². The Morgan fingerprint density at radius 2 is 2.00 bits per heavy atom. The highest BCUT2D eigenvalue weighted by atomic mass is 32.2. The number of rotatable bonds is 5. The van der Waals surface area contributed by atoms with Gasteiger partial charge in [-0.2, -0.15) is 4.31 Å². The largest absolute Gasteiger partial charge is 0.480 e. The molecule has 1 aliphatic carbocycles. The van der Waals surface area contributed by atoms with Crippen LogP contribution in [0.1, 0.15) is 32.6 Å². The molecule has 2 rings (SSSR count). The molecule has 0 aromatic carbocycles. The van der Waals surface area contributed by atoms with E-state index in [9.17, 15) is 27.1 Å². The van der Waals surface area contributed by atoms with Crippen molar-refractivity contribution in [1.82, 2.24) is 4.31 Å². The molecule has 9 heteroatoms. The molecule has 0 bridgehead atoms. The van der Waals surface area contributed by atoms with Gasteiger partial charge in [-0.1, -0.05) is 12.8 Å². The second-order valence-electron chi connectivity index (χ2n) is 6.10. The average Bonchev–Trinajstić information content (AvgIpc) is 2.87. The number of carboxylic acids is 1. The zero-order chi connectivity index (χ0) is 16.5. The Labute approximate surface area is 128 Å². The van der Waals surface area contributed by atoms with Crippen molar-refractivity contribution in [3.8, 4) is 0 Å². The molecule has 22 heavy (non-hydrogen) atoms. The molecule has 2 atom stereocenters. The van der Waals surface area contributed by atoms with Crippen LogP contribution in [0.15, 0.2) is 0 Å². The molecule has 1 N–H and O–H groups in total. The second-order valence-corrected chi connectivity index (χ2v) is 8.02. The Morgan fingerprint density at radius 1 is 1.41 bits per heavy atom. The minimum absolute atomic E-state index is 0.0614. The van der Waals surface area contributed by atoms with Gasteiger partial charge < -0.3 is 9.84 Å². The SMILES string of the molecule is C[C@@H]1OCCN(S(=O)(=O)CC2(C(F)F)CCCC2)[C@H]1C(=O)O. The standard InChI is InChI=1S/C13H21F2NO5S/c1-9-10(11(17)18)16(6-7-21-9)22(19,20)8-13(12(14)15)4-2-3-5-13/h9-10,12H,2-8H2,1H3,(H,17,18)/t9-,10+/m0/s1. The van der Waals surface area contributed by atoms with E-state index in [1.165, 1.54) is 6.92 Å². The van der Waals surface area contributed by atoms with E-state index < -0.39 is 45.7 Å². The number of hydrogen-bond acceptors (Lipinski definition) is 4. The monoisotopic (exact) mass is 341 g/mol. The van der Waals surface area contributed by atoms with E-state index in [1.54, 1.807) is 0 Å². The van der Waals surface area contributed by atoms with Gasteiger partial charge in [0.25, 0.3) is 0 Å². The zero-order valence-corrected chi connectivity index (χ0v) is 13.2. The Morgan fingerprint density at radius 3 is 2.50 bits per heavy atom. The highest BCUT2D eigenvalue weighted by Gasteiger charge is 2.50. The quantitative estimate of drug-likeness (QED) is 0.815. The Bertz CT molecular complexity index is 519. The number of carboxylic acid groups (broad SMARTS) is 1. The lowest BCUT2D eigenvalue weighted by molar-refractivity contribution is -0.150. The van der Waals surface area contributed by atoms with Crippen LogP contribution in [0, 0.1) is 5.41 Å². The predicted molar refractivity (Wildman–Crippen MR) is 74.2 cm³/mol. The van der Waals surface area contributed by atoms with Crippen LogP contribution in [0.2, 0.25) is 0 Å². The third kappa shape index (κ3) is 3.26. The minimum Gasteiger partial charge on any atom is -0.480 e. The fraction of sp³-hybridized carbons (Fsp3) is 0.923. The van der Waals surface area contributed by atoms with Crippen molar-refractivity contribution in [2.75, 3.05) is 18.9 Å². The molecule has 1 saturated carbocycles. The van der Waals surface area contributed by atoms with Crippen LogP contribution in [-0.2, 0) is 19.6 Å². The van der Waals surface area contributed by atoms with Gasteiger partial charge in [-0.05, 0) is 19.8 Å². The lowest BCUT2D eigenvalue weighted by Gasteiger charge is -2.38. The van der Waals surface area contributed by atoms with Gasteiger partial charge >= 0.3 is 5.97 Å². The molecule has 0 radical (unpaired) electrons. The van der Waals surface area contributed by atoms with Gasteiger partial charge in [0.1, 0.15) is 6.04 Å². The van der Waals surface area contributed by atoms with Crippen LogP contribution in [0.25, 0.3) is 0 Å². The Balaban J connectivity index is 2.26. The van der Waals surface area contributed by atoms with Crippen molar-refractivity contribution in [3.05, 3.63) is 0 Å². The third-order valence-electron chi connectivity index (χ3n) is 4.59. The van der Waals surface area contributed by atoms with Gasteiger partial charge in [-0.3, -0.25) is 4.79 Å². The summed E-state index contributed by atoms with van der Waals surface area (Å²) < 4.78 is 58.0. The summed E-state index contributed by atoms with van der Waals surface area (Å²) in [5, 5.41) is 9.24. The van der Waals surface area contributed by atoms with Crippen molar-refractivity contribution >= 4 is 16.0 Å². The maximum atomic E-state index is 13.4. The van der Waals surface area contributed by atoms with Gasteiger partial charge in [0.15, 0.2) is 0 Å². The first-order valence-electron chi connectivity index (χ1n) is 7.32. The van der Waals surface area contributed by atoms with E-state index in [-0.39, 0.29) is 26.0 Å². The summed E-state index contributed by atoms with van der Waals surface area (Å²) in [6.45, 7) is 1.41. The normalized spacial score (nSPS) is 29.8. The molecular weight excluding hydrogens is 320 g/mol. The molecule has 2 aliphatic rings. The lowest BCUT2D eigenvalue weighted by atomic mass is 9.89. The number of sulfonamides is 1. The maximum absolute atomic E-state index is 13.4. The summed E-state index contributed by atoms with van der Waals surface area (Å²) in [7, 11) is -4.10. The Hall–Kier alpha value is -0.800. The second kappa shape index (κ2) is 6.37. The fourth-order valence-corrected chi connectivity index (χ4v) is 5.65. The zero-order valence-electron chi connectivity index (χ0n) is 12.4. The molecule has 2 fully saturated rings. The topological polar surface area (TPSA) is 83.9 Å². The number of alkyl halides is 2. The van der Waals surface area contributed by atoms with Crippen LogP contribution in [0.3, 0.4) is 0 Å². The van der Waals surface area contributed by atoms with Gasteiger partial charge in [-0.15, -0.1) is 0 Å². The molecule has 1 heterocycles. The first kappa shape index (κ1) is 17.6. The number of morpholine rings is 1. The smallest absolute Gasteiger partial charge is 0.324 e. The van der Waals surface area contributed by atoms with E-state index in [0.29, 0.717) is 12.8 Å². The summed E-state index contributed by atoms with van der Waals surface area (Å²) in [6.07, 6.45) is -2.09. The first-order chi connectivity index (χ1) is 10.2. The Kier molecular flexibility index (Phi) is 5.08. The fourth-order valence-electron chi connectivity index (χ4n) is 3.38. The van der Waals surface area contributed by atoms with E-state index >= 15 is 0 Å². The lowest BCUT2D eigenvalue weighted by Crippen LogP contribution is -2.58. The van der Waals surface area contributed by atoms with Gasteiger partial charge in [0, 0.05) is 12.0 Å². The number of ether oxygens (including phenoxy) is 1. The maximum Gasteiger partial charge on any atom is 0.324 e. The highest BCUT2D eigenvalue weighted by molar-refractivity contribution is 7.89. The van der Waals surface area contributed by atoms with Crippen LogP contribution < -0.4 is 0 Å². The van der Waals surface area contributed by atoms with Gasteiger partial charge in [0.05, 0.1) is 18.5 Å². The third-order valence-corrected chi connectivity index (χ3v) is 6.65. The number of nitrogens with zero attached hydrogens (tertiary/aromatic N) is 1. The predicted octanol–water partition coefficient (Wildman–Crippen LogP) is 1.32. The summed E-state index contributed by atoms with van der Waals surface area (Å²) in [4.78, 5) is 11.3. The molecule has 0 spiro atoms. The molecule has 0 amide bonds. The minimum atomic E-state index is -4.10. The molecule has 0 aromatic rings. The van der Waals surface area contributed by atoms with Crippen LogP contribution in [0.4, 0.5) is 8.78 Å². The number of aliphatic carboxylic acids is 1. The molecule has 0 aromatic heterocycles. The first-order valence-corrected chi connectivity index (χ1v) is 8.93. The summed E-state index contributed by atoms with van der Waals surface area (Å²) in [5.74, 6) is -2.03. The van der Waals surface area contributed by atoms with Crippen molar-refractivity contribution in [2.24, 2.45) is 5.41 Å². The van der Waals surface area contributed by atoms with Crippen LogP contribution in [0.5, 0.6) is 0 Å². The highest BCUT2D eigenvalue weighted by Crippen LogP contribution is 2.44. The number of halogens is 2. The van der Waals surface area contributed by atoms with E-state index in [4.69, 9.17) is 4.74 Å². The van der Waals surface area contributed by atoms with Crippen LogP contribution >= 0.6 is 0 Å². The van der Waals surface area contributed by atoms with Crippen molar-refractivity contribution in [3.63, 3.8) is 0 Å². The van der Waals surface area contributed by atoms with Gasteiger partial charge in [-0.25, -0.2) is 17.2 Å². The van der Waals surface area contributed by atoms with E-state index in [0.717, 1.165) is 4.31 Å². The average molecular weight is 341 g/mol. The van der Waals surface area contributed by atoms with Gasteiger partial charge in [0.2, 0.25) is 16.4 Å². The van der Waals surface area contributed by atoms with Crippen LogP contribution in [-0.4, -0.2) is 61.3 Å². The van der Waals surface area contributed by atoms with E-state index in [2.05, 4.69) is 0 Å². The molecule has 0 unspecified atom stereocenters. The van der Waals surface area contributed by atoms with E-state index in [1.807, 2.05) is 0 Å². The van der Waals surface area contributed by atoms with Crippen molar-refractivity contribution in [1.29, 1.82) is 0 Å². The summed E-state index contributed by atoms with van der Waals surface area (Å²) in [5.41, 5.74) is -1.55. The number of carbonyl (C=O) groups is 1. The summed E-state index contributed by atoms with van der Waals surface area (Å²) in [6, 6.07) is -1.37. The molecular formula is C13H21F2NO5S. The number of hydrogen-bond donors (Lipinski definition) is 1.